The smallest absolute Gasteiger partial charge is 0.324 e. The first kappa shape index (κ1) is 23.4. The molecule has 3 aliphatic rings. The van der Waals surface area contributed by atoms with Gasteiger partial charge in [0.05, 0.1) is 6.34 Å². The normalized spacial score (nSPS) is 14.3. The van der Waals surface area contributed by atoms with Crippen LogP contribution in [0.1, 0.15) is 0 Å². The molecule has 5 aromatic rings. The number of aromatic nitrogens is 1. The van der Waals surface area contributed by atoms with Crippen LogP contribution in [-0.4, -0.2) is 30.2 Å². The summed E-state index contributed by atoms with van der Waals surface area (Å²) in [6.07, 6.45) is 3.67. The van der Waals surface area contributed by atoms with Crippen molar-refractivity contribution in [2.75, 3.05) is 16.8 Å². The second kappa shape index (κ2) is 8.95. The zero-order valence-corrected chi connectivity index (χ0v) is 22.6. The number of anilines is 3. The Morgan fingerprint density at radius 2 is 1.50 bits per heavy atom. The molecule has 0 bridgehead atoms. The van der Waals surface area contributed by atoms with Gasteiger partial charge in [-0.05, 0) is 7.05 Å². The van der Waals surface area contributed by atoms with Gasteiger partial charge in [-0.25, -0.2) is 5.10 Å². The van der Waals surface area contributed by atoms with E-state index in [-0.39, 0.29) is 27.3 Å². The van der Waals surface area contributed by atoms with Crippen LogP contribution in [0.15, 0.2) is 89.5 Å². The topological polar surface area (TPSA) is 35.0 Å². The Morgan fingerprint density at radius 3 is 2.16 bits per heavy atom. The number of fused-ring (bicyclic) bond motifs is 11. The fourth-order valence-corrected chi connectivity index (χ4v) is 6.30. The van der Waals surface area contributed by atoms with Gasteiger partial charge in [-0.15, -0.1) is 53.8 Å². The molecule has 0 fully saturated rings. The maximum absolute atomic E-state index is 4.57. The van der Waals surface area contributed by atoms with Gasteiger partial charge in [-0.1, -0.05) is 87.5 Å². The van der Waals surface area contributed by atoms with Crippen LogP contribution in [0, 0.1) is 18.8 Å². The summed E-state index contributed by atoms with van der Waals surface area (Å²) in [4.78, 5) is 9.00. The fraction of sp³-hybridized carbons (Fsp3) is 0.0333. The second-order valence-corrected chi connectivity index (χ2v) is 10.2. The van der Waals surface area contributed by atoms with Crippen molar-refractivity contribution >= 4 is 52.5 Å². The standard InChI is InChI=1S/C30H19BN5S.Pd/c1-34-19-35(18-33-34)21-11-13-25-23-7-3-5-9-27(23)31-26-8-4-2-6-22(26)24-12-10-20(30-32-14-15-37-30)16-28(24)36(31)29(25)17-21;/h2-15,18-19H,1H3;/q-3;. The molecule has 0 atom stereocenters. The molecule has 8 heteroatoms. The third-order valence-electron chi connectivity index (χ3n) is 7.26. The largest absolute Gasteiger partial charge is 0.483 e. The zero-order chi connectivity index (χ0) is 24.5. The Labute approximate surface area is 239 Å². The van der Waals surface area contributed by atoms with Gasteiger partial charge in [-0.3, -0.25) is 4.98 Å². The van der Waals surface area contributed by atoms with Gasteiger partial charge < -0.3 is 14.7 Å². The third kappa shape index (κ3) is 3.41. The first-order valence-corrected chi connectivity index (χ1v) is 13.0. The van der Waals surface area contributed by atoms with Gasteiger partial charge in [0, 0.05) is 37.0 Å². The summed E-state index contributed by atoms with van der Waals surface area (Å²) < 4.78 is 0. The minimum Gasteiger partial charge on any atom is -0.483 e. The van der Waals surface area contributed by atoms with Crippen molar-refractivity contribution < 1.29 is 20.4 Å². The first-order valence-electron chi connectivity index (χ1n) is 12.2. The number of thiazole rings is 1. The van der Waals surface area contributed by atoms with E-state index in [2.05, 4.69) is 99.8 Å². The zero-order valence-electron chi connectivity index (χ0n) is 20.3. The fourth-order valence-electron chi connectivity index (χ4n) is 5.68. The molecule has 0 amide bonds. The van der Waals surface area contributed by atoms with E-state index in [1.807, 2.05) is 36.5 Å². The molecule has 0 radical (unpaired) electrons. The Balaban J connectivity index is 0.00000242. The van der Waals surface area contributed by atoms with Crippen LogP contribution in [0.2, 0.25) is 0 Å². The van der Waals surface area contributed by atoms with Gasteiger partial charge in [0.15, 0.2) is 0 Å². The summed E-state index contributed by atoms with van der Waals surface area (Å²) in [7, 11) is 1.92. The summed E-state index contributed by atoms with van der Waals surface area (Å²) in [5.74, 6) is 0. The van der Waals surface area contributed by atoms with Crippen LogP contribution < -0.4 is 20.6 Å². The number of nitrogens with zero attached hydrogens (tertiary/aromatic N) is 5. The minimum atomic E-state index is 0. The van der Waals surface area contributed by atoms with Gasteiger partial charge >= 0.3 is 6.85 Å². The molecule has 38 heavy (non-hydrogen) atoms. The van der Waals surface area contributed by atoms with E-state index in [1.54, 1.807) is 16.3 Å². The average molecular weight is 599 g/mol. The number of hydrazone groups is 1. The average Bonchev–Trinajstić information content (AvgIpc) is 3.65. The van der Waals surface area contributed by atoms with Crippen molar-refractivity contribution in [3.8, 4) is 32.8 Å². The van der Waals surface area contributed by atoms with E-state index in [9.17, 15) is 0 Å². The summed E-state index contributed by atoms with van der Waals surface area (Å²) in [6, 6.07) is 33.7. The molecule has 0 spiro atoms. The van der Waals surface area contributed by atoms with Gasteiger partial charge in [0.2, 0.25) is 0 Å². The van der Waals surface area contributed by atoms with Crippen molar-refractivity contribution in [1.82, 2.24) is 9.99 Å². The number of hydrogen-bond acceptors (Lipinski definition) is 6. The molecule has 0 saturated heterocycles. The van der Waals surface area contributed by atoms with Crippen molar-refractivity contribution in [1.29, 1.82) is 0 Å². The van der Waals surface area contributed by atoms with E-state index in [0.717, 1.165) is 27.6 Å². The van der Waals surface area contributed by atoms with Crippen LogP contribution in [0.3, 0.4) is 0 Å². The molecule has 5 nitrogen and oxygen atoms in total. The van der Waals surface area contributed by atoms with Crippen LogP contribution in [-0.2, 0) is 20.4 Å². The predicted octanol–water partition coefficient (Wildman–Crippen LogP) is 5.13. The molecule has 0 N–H and O–H groups in total. The molecule has 1 aromatic heterocycles. The first-order chi connectivity index (χ1) is 18.3. The van der Waals surface area contributed by atoms with E-state index < -0.39 is 0 Å². The molecule has 0 saturated carbocycles. The molecule has 3 aliphatic heterocycles. The molecule has 8 rings (SSSR count). The van der Waals surface area contributed by atoms with Gasteiger partial charge in [0.1, 0.15) is 0 Å². The van der Waals surface area contributed by atoms with Crippen molar-refractivity contribution in [3.05, 3.63) is 103 Å². The molecular formula is C30H19BN5PdS-3. The van der Waals surface area contributed by atoms with Gasteiger partial charge in [0.25, 0.3) is 0 Å². The Bertz CT molecular complexity index is 1720. The molecule has 0 aliphatic carbocycles. The monoisotopic (exact) mass is 598 g/mol. The van der Waals surface area contributed by atoms with Crippen LogP contribution in [0.25, 0.3) is 32.8 Å². The van der Waals surface area contributed by atoms with Crippen LogP contribution in [0.4, 0.5) is 17.1 Å². The predicted molar refractivity (Wildman–Crippen MR) is 153 cm³/mol. The summed E-state index contributed by atoms with van der Waals surface area (Å²) in [6.45, 7) is 1.97. The molecular weight excluding hydrogens is 580 g/mol. The maximum atomic E-state index is 4.57. The van der Waals surface area contributed by atoms with Crippen molar-refractivity contribution in [2.45, 2.75) is 0 Å². The van der Waals surface area contributed by atoms with Crippen molar-refractivity contribution in [3.63, 3.8) is 0 Å². The SMILES string of the molecule is CN1[CH-]N(c2[c-]c3c(cc2)-c2ccccc2B2c4ccccc4-c4ccc(-c5nccs5)[c-]c4N23)C=N1.[Pd]. The Hall–Kier alpha value is -3.69. The Morgan fingerprint density at radius 1 is 0.816 bits per heavy atom. The van der Waals surface area contributed by atoms with Crippen LogP contribution >= 0.6 is 11.3 Å². The minimum absolute atomic E-state index is 0. The quantitative estimate of drug-likeness (QED) is 0.209. The summed E-state index contributed by atoms with van der Waals surface area (Å²) in [5.41, 5.74) is 11.4. The molecule has 4 aromatic carbocycles. The Kier molecular flexibility index (Phi) is 5.52. The maximum Gasteiger partial charge on any atom is 0.324 e. The van der Waals surface area contributed by atoms with Gasteiger partial charge in [-0.2, -0.15) is 17.4 Å². The second-order valence-electron chi connectivity index (χ2n) is 9.35. The molecule has 186 valence electrons. The molecule has 4 heterocycles. The van der Waals surface area contributed by atoms with Crippen molar-refractivity contribution in [2.24, 2.45) is 5.10 Å². The van der Waals surface area contributed by atoms with Crippen LogP contribution in [0.5, 0.6) is 0 Å². The summed E-state index contributed by atoms with van der Waals surface area (Å²) >= 11 is 1.64. The summed E-state index contributed by atoms with van der Waals surface area (Å²) in [5, 5.41) is 9.14. The molecule has 0 unspecified atom stereocenters. The third-order valence-corrected chi connectivity index (χ3v) is 8.06. The van der Waals surface area contributed by atoms with E-state index in [0.29, 0.717) is 0 Å². The number of rotatable bonds is 2. The number of benzene rings is 4. The van der Waals surface area contributed by atoms with E-state index in [4.69, 9.17) is 0 Å². The number of hydrogen-bond donors (Lipinski definition) is 0. The van der Waals surface area contributed by atoms with E-state index >= 15 is 0 Å². The van der Waals surface area contributed by atoms with E-state index in [1.165, 1.54) is 33.2 Å².